The molecule has 0 saturated heterocycles. The Labute approximate surface area is 80.6 Å². The van der Waals surface area contributed by atoms with E-state index in [0.29, 0.717) is 0 Å². The van der Waals surface area contributed by atoms with E-state index in [2.05, 4.69) is 9.97 Å². The third kappa shape index (κ3) is 0.836. The maximum Gasteiger partial charge on any atom is 0.0981 e. The zero-order chi connectivity index (χ0) is 9.54. The van der Waals surface area contributed by atoms with Crippen LogP contribution >= 0.6 is 0 Å². The van der Waals surface area contributed by atoms with Gasteiger partial charge in [-0.15, -0.1) is 0 Å². The number of benzene rings is 2. The van der Waals surface area contributed by atoms with Gasteiger partial charge in [-0.2, -0.15) is 0 Å². The van der Waals surface area contributed by atoms with E-state index in [1.165, 1.54) is 0 Å². The highest BCUT2D eigenvalue weighted by atomic mass is 14.9. The molecule has 0 atom stereocenters. The number of fused-ring (bicyclic) bond motifs is 3. The topological polar surface area (TPSA) is 54.7 Å². The molecule has 0 unspecified atom stereocenters. The van der Waals surface area contributed by atoms with Crippen LogP contribution in [0.15, 0.2) is 36.7 Å². The van der Waals surface area contributed by atoms with Gasteiger partial charge in [0.05, 0.1) is 17.4 Å². The smallest absolute Gasteiger partial charge is 0.0981 e. The Morgan fingerprint density at radius 1 is 1.14 bits per heavy atom. The van der Waals surface area contributed by atoms with Gasteiger partial charge in [0.15, 0.2) is 0 Å². The van der Waals surface area contributed by atoms with Gasteiger partial charge in [-0.25, -0.2) is 4.98 Å². The first-order chi connectivity index (χ1) is 6.86. The molecule has 0 spiro atoms. The van der Waals surface area contributed by atoms with Crippen molar-refractivity contribution >= 4 is 27.5 Å². The SMILES string of the molecule is Nc1cccc2ccc3[nH]cnc3c12. The van der Waals surface area contributed by atoms with Gasteiger partial charge in [-0.3, -0.25) is 0 Å². The summed E-state index contributed by atoms with van der Waals surface area (Å²) in [7, 11) is 0. The van der Waals surface area contributed by atoms with Crippen LogP contribution in [0.4, 0.5) is 5.69 Å². The first-order valence-electron chi connectivity index (χ1n) is 4.46. The molecular formula is C11H9N3. The zero-order valence-electron chi connectivity index (χ0n) is 7.49. The largest absolute Gasteiger partial charge is 0.398 e. The third-order valence-corrected chi connectivity index (χ3v) is 2.46. The summed E-state index contributed by atoms with van der Waals surface area (Å²) in [4.78, 5) is 7.34. The molecule has 1 heterocycles. The Bertz CT molecular complexity index is 610. The monoisotopic (exact) mass is 183 g/mol. The molecular weight excluding hydrogens is 174 g/mol. The Hall–Kier alpha value is -2.03. The predicted octanol–water partition coefficient (Wildman–Crippen LogP) is 2.30. The molecule has 0 bridgehead atoms. The molecule has 0 amide bonds. The first-order valence-corrected chi connectivity index (χ1v) is 4.46. The normalized spacial score (nSPS) is 11.1. The van der Waals surface area contributed by atoms with E-state index in [4.69, 9.17) is 5.73 Å². The number of nitrogens with two attached hydrogens (primary N) is 1. The minimum atomic E-state index is 0.778. The first kappa shape index (κ1) is 7.38. The summed E-state index contributed by atoms with van der Waals surface area (Å²) in [5.74, 6) is 0. The van der Waals surface area contributed by atoms with Gasteiger partial charge in [0.25, 0.3) is 0 Å². The summed E-state index contributed by atoms with van der Waals surface area (Å²) in [5.41, 5.74) is 8.67. The van der Waals surface area contributed by atoms with E-state index < -0.39 is 0 Å². The number of imidazole rings is 1. The number of H-pyrrole nitrogens is 1. The molecule has 0 fully saturated rings. The van der Waals surface area contributed by atoms with Crippen molar-refractivity contribution < 1.29 is 0 Å². The molecule has 3 aromatic rings. The van der Waals surface area contributed by atoms with E-state index >= 15 is 0 Å². The minimum Gasteiger partial charge on any atom is -0.398 e. The molecule has 3 rings (SSSR count). The van der Waals surface area contributed by atoms with Crippen LogP contribution in [0.3, 0.4) is 0 Å². The molecule has 14 heavy (non-hydrogen) atoms. The van der Waals surface area contributed by atoms with E-state index in [1.54, 1.807) is 6.33 Å². The molecule has 3 nitrogen and oxygen atoms in total. The summed E-state index contributed by atoms with van der Waals surface area (Å²) in [5, 5.41) is 2.16. The maximum atomic E-state index is 5.93. The van der Waals surface area contributed by atoms with Crippen LogP contribution in [0.2, 0.25) is 0 Å². The highest BCUT2D eigenvalue weighted by Gasteiger charge is 2.04. The van der Waals surface area contributed by atoms with Crippen molar-refractivity contribution in [1.82, 2.24) is 9.97 Å². The third-order valence-electron chi connectivity index (χ3n) is 2.46. The summed E-state index contributed by atoms with van der Waals surface area (Å²) in [6.45, 7) is 0. The highest BCUT2D eigenvalue weighted by molar-refractivity contribution is 6.10. The van der Waals surface area contributed by atoms with Gasteiger partial charge < -0.3 is 10.7 Å². The summed E-state index contributed by atoms with van der Waals surface area (Å²) < 4.78 is 0. The molecule has 0 aliphatic carbocycles. The molecule has 1 aromatic heterocycles. The molecule has 0 radical (unpaired) electrons. The van der Waals surface area contributed by atoms with Gasteiger partial charge in [-0.05, 0) is 17.5 Å². The Morgan fingerprint density at radius 3 is 3.00 bits per heavy atom. The van der Waals surface area contributed by atoms with Crippen molar-refractivity contribution in [3.63, 3.8) is 0 Å². The second-order valence-corrected chi connectivity index (χ2v) is 3.31. The lowest BCUT2D eigenvalue weighted by molar-refractivity contribution is 1.35. The van der Waals surface area contributed by atoms with Crippen LogP contribution in [0, 0.1) is 0 Å². The summed E-state index contributed by atoms with van der Waals surface area (Å²) >= 11 is 0. The van der Waals surface area contributed by atoms with Gasteiger partial charge in [-0.1, -0.05) is 18.2 Å². The van der Waals surface area contributed by atoms with Crippen LogP contribution in [0.25, 0.3) is 21.8 Å². The van der Waals surface area contributed by atoms with Crippen molar-refractivity contribution in [1.29, 1.82) is 0 Å². The number of nitrogen functional groups attached to an aromatic ring is 1. The number of hydrogen-bond donors (Lipinski definition) is 2. The number of aromatic nitrogens is 2. The predicted molar refractivity (Wildman–Crippen MR) is 58.0 cm³/mol. The van der Waals surface area contributed by atoms with Crippen LogP contribution in [-0.4, -0.2) is 9.97 Å². The highest BCUT2D eigenvalue weighted by Crippen LogP contribution is 2.27. The molecule has 0 aliphatic rings. The molecule has 0 aliphatic heterocycles. The van der Waals surface area contributed by atoms with Gasteiger partial charge in [0.2, 0.25) is 0 Å². The lowest BCUT2D eigenvalue weighted by atomic mass is 10.1. The second-order valence-electron chi connectivity index (χ2n) is 3.31. The maximum absolute atomic E-state index is 5.93. The summed E-state index contributed by atoms with van der Waals surface area (Å²) in [6, 6.07) is 9.96. The fourth-order valence-electron chi connectivity index (χ4n) is 1.80. The molecule has 2 aromatic carbocycles. The molecule has 3 N–H and O–H groups in total. The van der Waals surface area contributed by atoms with Gasteiger partial charge >= 0.3 is 0 Å². The van der Waals surface area contributed by atoms with Crippen molar-refractivity contribution in [3.05, 3.63) is 36.7 Å². The van der Waals surface area contributed by atoms with Crippen LogP contribution in [-0.2, 0) is 0 Å². The van der Waals surface area contributed by atoms with Crippen molar-refractivity contribution in [2.45, 2.75) is 0 Å². The quantitative estimate of drug-likeness (QED) is 0.525. The number of anilines is 1. The fourth-order valence-corrected chi connectivity index (χ4v) is 1.80. The number of hydrogen-bond acceptors (Lipinski definition) is 2. The van der Waals surface area contributed by atoms with Gasteiger partial charge in [0, 0.05) is 11.1 Å². The fraction of sp³-hybridized carbons (Fsp3) is 0. The van der Waals surface area contributed by atoms with Crippen LogP contribution in [0.5, 0.6) is 0 Å². The van der Waals surface area contributed by atoms with Crippen LogP contribution in [0.1, 0.15) is 0 Å². The Balaban J connectivity index is 2.67. The molecule has 68 valence electrons. The zero-order valence-corrected chi connectivity index (χ0v) is 7.49. The molecule has 3 heteroatoms. The van der Waals surface area contributed by atoms with Crippen molar-refractivity contribution in [3.8, 4) is 0 Å². The number of nitrogens with one attached hydrogen (secondary N) is 1. The Morgan fingerprint density at radius 2 is 2.07 bits per heavy atom. The number of nitrogens with zero attached hydrogens (tertiary/aromatic N) is 1. The molecule has 0 saturated carbocycles. The summed E-state index contributed by atoms with van der Waals surface area (Å²) in [6.07, 6.45) is 1.69. The Kier molecular flexibility index (Phi) is 1.31. The lowest BCUT2D eigenvalue weighted by Gasteiger charge is -2.01. The van der Waals surface area contributed by atoms with E-state index in [9.17, 15) is 0 Å². The van der Waals surface area contributed by atoms with E-state index in [-0.39, 0.29) is 0 Å². The van der Waals surface area contributed by atoms with Crippen molar-refractivity contribution in [2.75, 3.05) is 5.73 Å². The van der Waals surface area contributed by atoms with E-state index in [1.807, 2.05) is 30.3 Å². The van der Waals surface area contributed by atoms with Gasteiger partial charge in [0.1, 0.15) is 0 Å². The lowest BCUT2D eigenvalue weighted by Crippen LogP contribution is -1.87. The standard InChI is InChI=1S/C11H9N3/c12-8-3-1-2-7-4-5-9-11(10(7)8)14-6-13-9/h1-6H,12H2,(H,13,14). The number of rotatable bonds is 0. The number of aromatic amines is 1. The average Bonchev–Trinajstić information content (AvgIpc) is 2.65. The minimum absolute atomic E-state index is 0.778. The van der Waals surface area contributed by atoms with E-state index in [0.717, 1.165) is 27.5 Å². The van der Waals surface area contributed by atoms with Crippen LogP contribution < -0.4 is 5.73 Å². The second kappa shape index (κ2) is 2.48. The average molecular weight is 183 g/mol. The van der Waals surface area contributed by atoms with Crippen molar-refractivity contribution in [2.24, 2.45) is 0 Å².